The number of hydrogen-bond donors (Lipinski definition) is 1. The van der Waals surface area contributed by atoms with Gasteiger partial charge in [0.05, 0.1) is 11.9 Å². The molecule has 1 atom stereocenters. The molecule has 0 heterocycles. The van der Waals surface area contributed by atoms with Gasteiger partial charge < -0.3 is 10.1 Å². The lowest BCUT2D eigenvalue weighted by Gasteiger charge is -2.28. The van der Waals surface area contributed by atoms with E-state index in [1.54, 1.807) is 31.2 Å². The summed E-state index contributed by atoms with van der Waals surface area (Å²) in [4.78, 5) is 12.7. The van der Waals surface area contributed by atoms with Crippen molar-refractivity contribution in [3.63, 3.8) is 0 Å². The highest BCUT2D eigenvalue weighted by Gasteiger charge is 2.28. The molecule has 1 amide bonds. The summed E-state index contributed by atoms with van der Waals surface area (Å²) in [6.07, 6.45) is 2.71. The van der Waals surface area contributed by atoms with Gasteiger partial charge in [-0.2, -0.15) is 0 Å². The molecule has 0 unspecified atom stereocenters. The molecule has 0 spiro atoms. The van der Waals surface area contributed by atoms with Crippen molar-refractivity contribution in [3.8, 4) is 11.5 Å². The molecule has 0 fully saturated rings. The number of rotatable bonds is 10. The first-order valence-corrected chi connectivity index (χ1v) is 12.3. The molecule has 1 N–H and O–H groups in total. The number of carbonyl (C=O) groups excluding carboxylic acids is 1. The molecule has 0 radical (unpaired) electrons. The van der Waals surface area contributed by atoms with E-state index < -0.39 is 16.1 Å². The minimum absolute atomic E-state index is 0.340. The van der Waals surface area contributed by atoms with E-state index in [1.165, 1.54) is 5.56 Å². The van der Waals surface area contributed by atoms with Crippen molar-refractivity contribution in [2.75, 3.05) is 17.1 Å². The predicted octanol–water partition coefficient (Wildman–Crippen LogP) is 4.38. The average molecular weight is 453 g/mol. The van der Waals surface area contributed by atoms with Crippen LogP contribution in [0.25, 0.3) is 0 Å². The Morgan fingerprint density at radius 3 is 2.06 bits per heavy atom. The van der Waals surface area contributed by atoms with Crippen molar-refractivity contribution >= 4 is 21.6 Å². The van der Waals surface area contributed by atoms with E-state index in [0.29, 0.717) is 23.7 Å². The van der Waals surface area contributed by atoms with Crippen LogP contribution in [0.1, 0.15) is 18.9 Å². The van der Waals surface area contributed by atoms with Crippen LogP contribution in [0.5, 0.6) is 11.5 Å². The minimum atomic E-state index is -3.68. The van der Waals surface area contributed by atoms with E-state index in [1.807, 2.05) is 60.7 Å². The van der Waals surface area contributed by atoms with Gasteiger partial charge in [0.2, 0.25) is 15.9 Å². The summed E-state index contributed by atoms with van der Waals surface area (Å²) in [7, 11) is -3.68. The zero-order valence-corrected chi connectivity index (χ0v) is 19.1. The quantitative estimate of drug-likeness (QED) is 0.463. The predicted molar refractivity (Wildman–Crippen MR) is 128 cm³/mol. The van der Waals surface area contributed by atoms with Gasteiger partial charge in [0.15, 0.2) is 0 Å². The monoisotopic (exact) mass is 452 g/mol. The van der Waals surface area contributed by atoms with Crippen molar-refractivity contribution in [2.24, 2.45) is 0 Å². The van der Waals surface area contributed by atoms with Gasteiger partial charge in [-0.25, -0.2) is 8.42 Å². The molecule has 3 rings (SSSR count). The fraction of sp³-hybridized carbons (Fsp3) is 0.240. The summed E-state index contributed by atoms with van der Waals surface area (Å²) < 4.78 is 31.9. The Hall–Kier alpha value is -3.32. The summed E-state index contributed by atoms with van der Waals surface area (Å²) in [5.41, 5.74) is 1.60. The van der Waals surface area contributed by atoms with Crippen LogP contribution < -0.4 is 14.4 Å². The van der Waals surface area contributed by atoms with Crippen LogP contribution in [-0.4, -0.2) is 33.2 Å². The fourth-order valence-electron chi connectivity index (χ4n) is 3.39. The van der Waals surface area contributed by atoms with Gasteiger partial charge in [-0.1, -0.05) is 48.5 Å². The first kappa shape index (κ1) is 23.3. The third-order valence-electron chi connectivity index (χ3n) is 4.94. The second-order valence-corrected chi connectivity index (χ2v) is 9.38. The molecule has 168 valence electrons. The van der Waals surface area contributed by atoms with Crippen LogP contribution in [0.3, 0.4) is 0 Å². The number of benzene rings is 3. The maximum atomic E-state index is 12.7. The highest BCUT2D eigenvalue weighted by molar-refractivity contribution is 7.92. The van der Waals surface area contributed by atoms with Crippen LogP contribution in [-0.2, 0) is 21.2 Å². The normalized spacial score (nSPS) is 12.1. The van der Waals surface area contributed by atoms with E-state index in [0.717, 1.165) is 23.4 Å². The third-order valence-corrected chi connectivity index (χ3v) is 6.18. The summed E-state index contributed by atoms with van der Waals surface area (Å²) >= 11 is 0. The Bertz CT molecular complexity index is 1100. The third kappa shape index (κ3) is 6.59. The maximum absolute atomic E-state index is 12.7. The SMILES string of the molecule is C[C@@H](C(=O)NCCCc1ccccc1)N(c1ccc(Oc2ccccc2)cc1)S(C)(=O)=O. The molecule has 0 saturated heterocycles. The van der Waals surface area contributed by atoms with Crippen molar-refractivity contribution in [3.05, 3.63) is 90.5 Å². The Labute approximate surface area is 189 Å². The molecular formula is C25H28N2O4S. The topological polar surface area (TPSA) is 75.7 Å². The molecule has 6 nitrogen and oxygen atoms in total. The second kappa shape index (κ2) is 10.8. The summed E-state index contributed by atoms with van der Waals surface area (Å²) in [6, 6.07) is 25.1. The first-order valence-electron chi connectivity index (χ1n) is 10.5. The van der Waals surface area contributed by atoms with Gasteiger partial charge in [0, 0.05) is 6.54 Å². The average Bonchev–Trinajstić information content (AvgIpc) is 2.78. The number of carbonyl (C=O) groups is 1. The lowest BCUT2D eigenvalue weighted by molar-refractivity contribution is -0.121. The highest BCUT2D eigenvalue weighted by atomic mass is 32.2. The van der Waals surface area contributed by atoms with Crippen LogP contribution in [0.15, 0.2) is 84.9 Å². The molecule has 0 aliphatic heterocycles. The van der Waals surface area contributed by atoms with Crippen molar-refractivity contribution in [2.45, 2.75) is 25.8 Å². The maximum Gasteiger partial charge on any atom is 0.243 e. The zero-order chi connectivity index (χ0) is 23.0. The molecule has 32 heavy (non-hydrogen) atoms. The Morgan fingerprint density at radius 1 is 0.906 bits per heavy atom. The lowest BCUT2D eigenvalue weighted by Crippen LogP contribution is -2.48. The van der Waals surface area contributed by atoms with Gasteiger partial charge in [-0.3, -0.25) is 9.10 Å². The molecule has 0 aromatic heterocycles. The number of aryl methyl sites for hydroxylation is 1. The summed E-state index contributed by atoms with van der Waals surface area (Å²) in [5, 5.41) is 2.85. The molecule has 7 heteroatoms. The van der Waals surface area contributed by atoms with Gasteiger partial charge in [0.25, 0.3) is 0 Å². The van der Waals surface area contributed by atoms with E-state index in [2.05, 4.69) is 5.32 Å². The van der Waals surface area contributed by atoms with Gasteiger partial charge in [-0.15, -0.1) is 0 Å². The second-order valence-electron chi connectivity index (χ2n) is 7.52. The van der Waals surface area contributed by atoms with Gasteiger partial charge in [-0.05, 0) is 61.7 Å². The molecule has 3 aromatic carbocycles. The van der Waals surface area contributed by atoms with Crippen LogP contribution in [0.4, 0.5) is 5.69 Å². The Morgan fingerprint density at radius 2 is 1.47 bits per heavy atom. The van der Waals surface area contributed by atoms with Crippen molar-refractivity contribution < 1.29 is 17.9 Å². The molecular weight excluding hydrogens is 424 g/mol. The van der Waals surface area contributed by atoms with Crippen molar-refractivity contribution in [1.82, 2.24) is 5.32 Å². The largest absolute Gasteiger partial charge is 0.457 e. The number of nitrogens with one attached hydrogen (secondary N) is 1. The number of hydrogen-bond acceptors (Lipinski definition) is 4. The van der Waals surface area contributed by atoms with E-state index in [-0.39, 0.29) is 5.91 Å². The Balaban J connectivity index is 1.62. The number of anilines is 1. The molecule has 0 bridgehead atoms. The van der Waals surface area contributed by atoms with Crippen LogP contribution in [0.2, 0.25) is 0 Å². The molecule has 0 aliphatic carbocycles. The molecule has 3 aromatic rings. The van der Waals surface area contributed by atoms with Crippen LogP contribution in [0, 0.1) is 0 Å². The van der Waals surface area contributed by atoms with Gasteiger partial charge >= 0.3 is 0 Å². The Kier molecular flexibility index (Phi) is 7.89. The summed E-state index contributed by atoms with van der Waals surface area (Å²) in [5.74, 6) is 0.919. The number of ether oxygens (including phenoxy) is 1. The lowest BCUT2D eigenvalue weighted by atomic mass is 10.1. The van der Waals surface area contributed by atoms with Crippen molar-refractivity contribution in [1.29, 1.82) is 0 Å². The highest BCUT2D eigenvalue weighted by Crippen LogP contribution is 2.26. The smallest absolute Gasteiger partial charge is 0.243 e. The minimum Gasteiger partial charge on any atom is -0.457 e. The number of para-hydroxylation sites is 1. The molecule has 0 aliphatic rings. The summed E-state index contributed by atoms with van der Waals surface area (Å²) in [6.45, 7) is 2.06. The van der Waals surface area contributed by atoms with Crippen LogP contribution >= 0.6 is 0 Å². The number of amides is 1. The fourth-order valence-corrected chi connectivity index (χ4v) is 4.57. The number of sulfonamides is 1. The van der Waals surface area contributed by atoms with E-state index in [9.17, 15) is 13.2 Å². The standard InChI is InChI=1S/C25H28N2O4S/c1-20(25(28)26-19-9-12-21-10-5-3-6-11-21)27(32(2,29)30)22-15-17-24(18-16-22)31-23-13-7-4-8-14-23/h3-8,10-11,13-18,20H,9,12,19H2,1-2H3,(H,26,28)/t20-/m0/s1. The van der Waals surface area contributed by atoms with E-state index in [4.69, 9.17) is 4.74 Å². The first-order chi connectivity index (χ1) is 15.3. The van der Waals surface area contributed by atoms with Gasteiger partial charge in [0.1, 0.15) is 17.5 Å². The molecule has 0 saturated carbocycles. The zero-order valence-electron chi connectivity index (χ0n) is 18.3. The number of nitrogens with zero attached hydrogens (tertiary/aromatic N) is 1. The van der Waals surface area contributed by atoms with E-state index >= 15 is 0 Å².